The average molecular weight is 299 g/mol. The summed E-state index contributed by atoms with van der Waals surface area (Å²) in [7, 11) is 1.63. The van der Waals surface area contributed by atoms with Crippen LogP contribution >= 0.6 is 11.6 Å². The third-order valence-corrected chi connectivity index (χ3v) is 3.35. The second-order valence-corrected chi connectivity index (χ2v) is 5.08. The quantitative estimate of drug-likeness (QED) is 0.785. The van der Waals surface area contributed by atoms with Crippen LogP contribution in [0.3, 0.4) is 0 Å². The van der Waals surface area contributed by atoms with Crippen molar-refractivity contribution in [2.75, 3.05) is 25.0 Å². The molecule has 0 aliphatic carbocycles. The number of nitrogens with zero attached hydrogens (tertiary/aromatic N) is 3. The van der Waals surface area contributed by atoms with Crippen LogP contribution in [0.4, 0.5) is 5.82 Å². The molecule has 1 heterocycles. The molecule has 5 nitrogen and oxygen atoms in total. The van der Waals surface area contributed by atoms with Crippen molar-refractivity contribution in [2.45, 2.75) is 40.0 Å². The highest BCUT2D eigenvalue weighted by Crippen LogP contribution is 2.24. The maximum atomic E-state index is 11.6. The molecule has 0 radical (unpaired) electrons. The number of nitrogens with one attached hydrogen (secondary N) is 1. The van der Waals surface area contributed by atoms with E-state index in [4.69, 9.17) is 11.6 Å². The molecule has 0 unspecified atom stereocenters. The van der Waals surface area contributed by atoms with Crippen molar-refractivity contribution in [2.24, 2.45) is 0 Å². The van der Waals surface area contributed by atoms with Crippen molar-refractivity contribution in [1.82, 2.24) is 15.3 Å². The molecule has 0 bridgehead atoms. The molecule has 0 saturated carbocycles. The van der Waals surface area contributed by atoms with Crippen LogP contribution in [0.15, 0.2) is 0 Å². The summed E-state index contributed by atoms with van der Waals surface area (Å²) in [6.07, 6.45) is 2.68. The fourth-order valence-electron chi connectivity index (χ4n) is 1.95. The first-order valence-electron chi connectivity index (χ1n) is 7.01. The summed E-state index contributed by atoms with van der Waals surface area (Å²) >= 11 is 6.19. The zero-order chi connectivity index (χ0) is 15.1. The minimum Gasteiger partial charge on any atom is -0.358 e. The molecule has 6 heteroatoms. The van der Waals surface area contributed by atoms with Gasteiger partial charge in [0.15, 0.2) is 0 Å². The van der Waals surface area contributed by atoms with Gasteiger partial charge in [-0.1, -0.05) is 25.4 Å². The van der Waals surface area contributed by atoms with Crippen molar-refractivity contribution in [3.8, 4) is 0 Å². The topological polar surface area (TPSA) is 58.1 Å². The molecule has 0 fully saturated rings. The van der Waals surface area contributed by atoms with Crippen molar-refractivity contribution in [3.05, 3.63) is 16.5 Å². The summed E-state index contributed by atoms with van der Waals surface area (Å²) in [5.41, 5.74) is 0.823. The van der Waals surface area contributed by atoms with E-state index in [9.17, 15) is 4.79 Å². The molecule has 20 heavy (non-hydrogen) atoms. The number of rotatable bonds is 7. The number of amides is 1. The Bertz CT molecular complexity index is 465. The van der Waals surface area contributed by atoms with Gasteiger partial charge in [-0.25, -0.2) is 9.97 Å². The van der Waals surface area contributed by atoms with E-state index in [0.717, 1.165) is 43.0 Å². The van der Waals surface area contributed by atoms with Gasteiger partial charge >= 0.3 is 0 Å². The van der Waals surface area contributed by atoms with Gasteiger partial charge in [-0.2, -0.15) is 0 Å². The van der Waals surface area contributed by atoms with Crippen LogP contribution in [0.2, 0.25) is 5.15 Å². The molecule has 1 rings (SSSR count). The zero-order valence-corrected chi connectivity index (χ0v) is 13.4. The van der Waals surface area contributed by atoms with Crippen molar-refractivity contribution in [3.63, 3.8) is 0 Å². The van der Waals surface area contributed by atoms with Gasteiger partial charge in [0.2, 0.25) is 5.91 Å². The third-order valence-electron chi connectivity index (χ3n) is 2.99. The standard InChI is InChI=1S/C14H23ClN4O/c1-5-7-11-17-13(15)10(3)14(18-11)19(8-6-2)9-12(20)16-4/h5-9H2,1-4H3,(H,16,20). The molecule has 0 atom stereocenters. The zero-order valence-electron chi connectivity index (χ0n) is 12.7. The first-order chi connectivity index (χ1) is 9.53. The molecule has 0 aliphatic heterocycles. The van der Waals surface area contributed by atoms with E-state index >= 15 is 0 Å². The normalized spacial score (nSPS) is 10.4. The summed E-state index contributed by atoms with van der Waals surface area (Å²) < 4.78 is 0. The van der Waals surface area contributed by atoms with Crippen molar-refractivity contribution in [1.29, 1.82) is 0 Å². The Morgan fingerprint density at radius 2 is 2.00 bits per heavy atom. The van der Waals surface area contributed by atoms with Gasteiger partial charge in [0.25, 0.3) is 0 Å². The highest BCUT2D eigenvalue weighted by atomic mass is 35.5. The van der Waals surface area contributed by atoms with Gasteiger partial charge in [-0.15, -0.1) is 0 Å². The van der Waals surface area contributed by atoms with E-state index in [1.165, 1.54) is 0 Å². The van der Waals surface area contributed by atoms with Gasteiger partial charge in [0.1, 0.15) is 16.8 Å². The second kappa shape index (κ2) is 8.04. The summed E-state index contributed by atoms with van der Waals surface area (Å²) in [6, 6.07) is 0. The fraction of sp³-hybridized carbons (Fsp3) is 0.643. The average Bonchev–Trinajstić information content (AvgIpc) is 2.42. The predicted molar refractivity (Wildman–Crippen MR) is 82.3 cm³/mol. The molecular weight excluding hydrogens is 276 g/mol. The van der Waals surface area contributed by atoms with Crippen LogP contribution < -0.4 is 10.2 Å². The van der Waals surface area contributed by atoms with E-state index in [1.54, 1.807) is 7.05 Å². The molecule has 0 aromatic carbocycles. The Labute approximate surface area is 125 Å². The first-order valence-corrected chi connectivity index (χ1v) is 7.39. The van der Waals surface area contributed by atoms with Gasteiger partial charge in [-0.3, -0.25) is 4.79 Å². The van der Waals surface area contributed by atoms with E-state index in [2.05, 4.69) is 29.1 Å². The van der Waals surface area contributed by atoms with Gasteiger partial charge in [0, 0.05) is 25.6 Å². The molecule has 1 N–H and O–H groups in total. The second-order valence-electron chi connectivity index (χ2n) is 4.72. The molecule has 1 aromatic heterocycles. The number of hydrogen-bond donors (Lipinski definition) is 1. The number of hydrogen-bond acceptors (Lipinski definition) is 4. The van der Waals surface area contributed by atoms with E-state index in [-0.39, 0.29) is 12.5 Å². The lowest BCUT2D eigenvalue weighted by Crippen LogP contribution is -2.37. The predicted octanol–water partition coefficient (Wildman–Crippen LogP) is 2.35. The minimum atomic E-state index is -0.0374. The van der Waals surface area contributed by atoms with Crippen LogP contribution in [0.1, 0.15) is 38.1 Å². The number of likely N-dealkylation sites (N-methyl/N-ethyl adjacent to an activating group) is 1. The molecule has 0 aliphatic rings. The maximum absolute atomic E-state index is 11.6. The smallest absolute Gasteiger partial charge is 0.239 e. The number of aryl methyl sites for hydroxylation is 1. The first kappa shape index (κ1) is 16.7. The van der Waals surface area contributed by atoms with Crippen LogP contribution in [0, 0.1) is 6.92 Å². The number of anilines is 1. The van der Waals surface area contributed by atoms with E-state index in [1.807, 2.05) is 11.8 Å². The number of aromatic nitrogens is 2. The highest BCUT2D eigenvalue weighted by molar-refractivity contribution is 6.30. The monoisotopic (exact) mass is 298 g/mol. The van der Waals surface area contributed by atoms with Gasteiger partial charge in [0.05, 0.1) is 6.54 Å². The SMILES string of the molecule is CCCc1nc(Cl)c(C)c(N(CCC)CC(=O)NC)n1. The molecular formula is C14H23ClN4O. The number of carbonyl (C=O) groups excluding carboxylic acids is 1. The molecule has 112 valence electrons. The van der Waals surface area contributed by atoms with Crippen LogP contribution in [-0.2, 0) is 11.2 Å². The summed E-state index contributed by atoms with van der Waals surface area (Å²) in [5, 5.41) is 3.11. The Kier molecular flexibility index (Phi) is 6.71. The van der Waals surface area contributed by atoms with Crippen molar-refractivity contribution < 1.29 is 4.79 Å². The minimum absolute atomic E-state index is 0.0374. The van der Waals surface area contributed by atoms with Gasteiger partial charge < -0.3 is 10.2 Å². The van der Waals surface area contributed by atoms with Crippen LogP contribution in [0.5, 0.6) is 0 Å². The lowest BCUT2D eigenvalue weighted by molar-refractivity contribution is -0.119. The van der Waals surface area contributed by atoms with Crippen LogP contribution in [0.25, 0.3) is 0 Å². The van der Waals surface area contributed by atoms with E-state index < -0.39 is 0 Å². The number of carbonyl (C=O) groups is 1. The maximum Gasteiger partial charge on any atom is 0.239 e. The van der Waals surface area contributed by atoms with Crippen LogP contribution in [-0.4, -0.2) is 36.0 Å². The lowest BCUT2D eigenvalue weighted by Gasteiger charge is -2.24. The Hall–Kier alpha value is -1.36. The molecule has 0 saturated heterocycles. The Balaban J connectivity index is 3.13. The van der Waals surface area contributed by atoms with Crippen molar-refractivity contribution >= 4 is 23.3 Å². The highest BCUT2D eigenvalue weighted by Gasteiger charge is 2.17. The largest absolute Gasteiger partial charge is 0.358 e. The van der Waals surface area contributed by atoms with Gasteiger partial charge in [-0.05, 0) is 19.8 Å². The fourth-order valence-corrected chi connectivity index (χ4v) is 2.13. The number of halogens is 1. The third kappa shape index (κ3) is 4.34. The molecule has 1 amide bonds. The summed E-state index contributed by atoms with van der Waals surface area (Å²) in [5.74, 6) is 1.46. The molecule has 1 aromatic rings. The summed E-state index contributed by atoms with van der Waals surface area (Å²) in [4.78, 5) is 22.5. The Morgan fingerprint density at radius 1 is 1.30 bits per heavy atom. The summed E-state index contributed by atoms with van der Waals surface area (Å²) in [6.45, 7) is 7.07. The lowest BCUT2D eigenvalue weighted by atomic mass is 10.2. The Morgan fingerprint density at radius 3 is 2.55 bits per heavy atom. The van der Waals surface area contributed by atoms with E-state index in [0.29, 0.717) is 5.15 Å². The molecule has 0 spiro atoms.